The Labute approximate surface area is 120 Å². The SMILES string of the molecule is C#CCN(CC1CC1)C(=O)c1ccc(I)c(O)c1. The van der Waals surface area contributed by atoms with Crippen molar-refractivity contribution in [3.8, 4) is 18.1 Å². The molecule has 2 rings (SSSR count). The first-order chi connectivity index (χ1) is 8.61. The van der Waals surface area contributed by atoms with E-state index in [1.807, 2.05) is 22.6 Å². The summed E-state index contributed by atoms with van der Waals surface area (Å²) >= 11 is 2.02. The van der Waals surface area contributed by atoms with E-state index in [1.165, 1.54) is 18.9 Å². The highest BCUT2D eigenvalue weighted by molar-refractivity contribution is 14.1. The molecule has 0 aromatic heterocycles. The Balaban J connectivity index is 2.15. The molecule has 0 saturated heterocycles. The van der Waals surface area contributed by atoms with Crippen LogP contribution in [0, 0.1) is 21.8 Å². The van der Waals surface area contributed by atoms with Crippen LogP contribution in [0.5, 0.6) is 5.75 Å². The summed E-state index contributed by atoms with van der Waals surface area (Å²) < 4.78 is 0.731. The normalized spacial score (nSPS) is 14.0. The Morgan fingerprint density at radius 1 is 1.56 bits per heavy atom. The second-order valence-electron chi connectivity index (χ2n) is 4.50. The van der Waals surface area contributed by atoms with Crippen LogP contribution in [0.25, 0.3) is 0 Å². The van der Waals surface area contributed by atoms with Crippen molar-refractivity contribution in [3.05, 3.63) is 27.3 Å². The molecular formula is C14H14INO2. The Kier molecular flexibility index (Phi) is 4.12. The minimum atomic E-state index is -0.105. The fraction of sp³-hybridized carbons (Fsp3) is 0.357. The van der Waals surface area contributed by atoms with Crippen molar-refractivity contribution in [2.24, 2.45) is 5.92 Å². The smallest absolute Gasteiger partial charge is 0.254 e. The summed E-state index contributed by atoms with van der Waals surface area (Å²) in [5.41, 5.74) is 0.490. The molecule has 1 amide bonds. The van der Waals surface area contributed by atoms with Crippen LogP contribution in [0.4, 0.5) is 0 Å². The number of rotatable bonds is 4. The molecule has 4 heteroatoms. The molecule has 0 bridgehead atoms. The summed E-state index contributed by atoms with van der Waals surface area (Å²) in [6.07, 6.45) is 7.65. The second-order valence-corrected chi connectivity index (χ2v) is 5.66. The van der Waals surface area contributed by atoms with Gasteiger partial charge in [-0.3, -0.25) is 4.79 Å². The number of terminal acetylenes is 1. The first-order valence-corrected chi connectivity index (χ1v) is 6.91. The van der Waals surface area contributed by atoms with E-state index in [9.17, 15) is 9.90 Å². The lowest BCUT2D eigenvalue weighted by atomic mass is 10.2. The van der Waals surface area contributed by atoms with Gasteiger partial charge in [0.05, 0.1) is 10.1 Å². The van der Waals surface area contributed by atoms with E-state index in [-0.39, 0.29) is 11.7 Å². The molecular weight excluding hydrogens is 341 g/mol. The average molecular weight is 355 g/mol. The number of carbonyl (C=O) groups is 1. The van der Waals surface area contributed by atoms with Gasteiger partial charge >= 0.3 is 0 Å². The molecule has 0 atom stereocenters. The molecule has 1 saturated carbocycles. The molecule has 0 aliphatic heterocycles. The topological polar surface area (TPSA) is 40.5 Å². The predicted octanol–water partition coefficient (Wildman–Crippen LogP) is 2.48. The largest absolute Gasteiger partial charge is 0.507 e. The average Bonchev–Trinajstić information content (AvgIpc) is 3.15. The number of phenolic OH excluding ortho intramolecular Hbond substituents is 1. The standard InChI is InChI=1S/C14H14INO2/c1-2-7-16(9-10-3-4-10)14(18)11-5-6-12(15)13(17)8-11/h1,5-6,8,10,17H,3-4,7,9H2. The number of hydrogen-bond donors (Lipinski definition) is 1. The first kappa shape index (κ1) is 13.2. The first-order valence-electron chi connectivity index (χ1n) is 5.83. The summed E-state index contributed by atoms with van der Waals surface area (Å²) in [4.78, 5) is 14.0. The molecule has 1 fully saturated rings. The van der Waals surface area contributed by atoms with Crippen LogP contribution in [-0.4, -0.2) is 29.0 Å². The number of amides is 1. The van der Waals surface area contributed by atoms with Gasteiger partial charge in [0.2, 0.25) is 0 Å². The molecule has 3 nitrogen and oxygen atoms in total. The van der Waals surface area contributed by atoms with Crippen molar-refractivity contribution >= 4 is 28.5 Å². The Morgan fingerprint density at radius 2 is 2.28 bits per heavy atom. The number of halogens is 1. The second kappa shape index (κ2) is 5.61. The van der Waals surface area contributed by atoms with Gasteiger partial charge in [0.1, 0.15) is 5.75 Å². The predicted molar refractivity (Wildman–Crippen MR) is 78.3 cm³/mol. The lowest BCUT2D eigenvalue weighted by Gasteiger charge is -2.20. The van der Waals surface area contributed by atoms with Gasteiger partial charge in [0, 0.05) is 12.1 Å². The van der Waals surface area contributed by atoms with Crippen molar-refractivity contribution in [2.45, 2.75) is 12.8 Å². The number of carbonyl (C=O) groups excluding carboxylic acids is 1. The summed E-state index contributed by atoms with van der Waals surface area (Å²) in [5, 5.41) is 9.64. The fourth-order valence-electron chi connectivity index (χ4n) is 1.77. The third kappa shape index (κ3) is 3.16. The molecule has 1 aromatic carbocycles. The zero-order chi connectivity index (χ0) is 13.1. The molecule has 1 aliphatic carbocycles. The van der Waals surface area contributed by atoms with Gasteiger partial charge < -0.3 is 10.0 Å². The maximum Gasteiger partial charge on any atom is 0.254 e. The van der Waals surface area contributed by atoms with Gasteiger partial charge in [-0.2, -0.15) is 0 Å². The Hall–Kier alpha value is -1.22. The van der Waals surface area contributed by atoms with E-state index in [1.54, 1.807) is 17.0 Å². The monoisotopic (exact) mass is 355 g/mol. The summed E-state index contributed by atoms with van der Waals surface area (Å²) in [6.45, 7) is 1.04. The third-order valence-corrected chi connectivity index (χ3v) is 3.85. The lowest BCUT2D eigenvalue weighted by Crippen LogP contribution is -2.33. The van der Waals surface area contributed by atoms with Crippen molar-refractivity contribution in [1.29, 1.82) is 0 Å². The maximum absolute atomic E-state index is 12.3. The molecule has 1 aliphatic rings. The van der Waals surface area contributed by atoms with E-state index >= 15 is 0 Å². The number of hydrogen-bond acceptors (Lipinski definition) is 2. The Morgan fingerprint density at radius 3 is 2.83 bits per heavy atom. The third-order valence-electron chi connectivity index (χ3n) is 2.94. The van der Waals surface area contributed by atoms with Crippen LogP contribution in [0.2, 0.25) is 0 Å². The maximum atomic E-state index is 12.3. The molecule has 0 heterocycles. The van der Waals surface area contributed by atoms with Gasteiger partial charge in [-0.05, 0) is 59.5 Å². The highest BCUT2D eigenvalue weighted by Gasteiger charge is 2.27. The van der Waals surface area contributed by atoms with E-state index in [2.05, 4.69) is 5.92 Å². The van der Waals surface area contributed by atoms with Gasteiger partial charge in [0.15, 0.2) is 0 Å². The van der Waals surface area contributed by atoms with E-state index in [4.69, 9.17) is 6.42 Å². The van der Waals surface area contributed by atoms with E-state index in [0.29, 0.717) is 18.0 Å². The van der Waals surface area contributed by atoms with E-state index in [0.717, 1.165) is 10.1 Å². The number of aromatic hydroxyl groups is 1. The molecule has 0 spiro atoms. The molecule has 1 aromatic rings. The molecule has 0 radical (unpaired) electrons. The zero-order valence-electron chi connectivity index (χ0n) is 9.90. The highest BCUT2D eigenvalue weighted by atomic mass is 127. The van der Waals surface area contributed by atoms with Crippen molar-refractivity contribution in [1.82, 2.24) is 4.90 Å². The van der Waals surface area contributed by atoms with Crippen LogP contribution in [0.1, 0.15) is 23.2 Å². The van der Waals surface area contributed by atoms with Crippen molar-refractivity contribution < 1.29 is 9.90 Å². The fourth-order valence-corrected chi connectivity index (χ4v) is 2.11. The van der Waals surface area contributed by atoms with Gasteiger partial charge in [-0.15, -0.1) is 6.42 Å². The minimum absolute atomic E-state index is 0.105. The van der Waals surface area contributed by atoms with Crippen LogP contribution < -0.4 is 0 Å². The van der Waals surface area contributed by atoms with Crippen LogP contribution in [0.15, 0.2) is 18.2 Å². The van der Waals surface area contributed by atoms with E-state index < -0.39 is 0 Å². The van der Waals surface area contributed by atoms with Crippen LogP contribution >= 0.6 is 22.6 Å². The quantitative estimate of drug-likeness (QED) is 0.666. The molecule has 94 valence electrons. The van der Waals surface area contributed by atoms with Gasteiger partial charge in [-0.25, -0.2) is 0 Å². The number of nitrogens with zero attached hydrogens (tertiary/aromatic N) is 1. The van der Waals surface area contributed by atoms with Crippen LogP contribution in [-0.2, 0) is 0 Å². The number of benzene rings is 1. The lowest BCUT2D eigenvalue weighted by molar-refractivity contribution is 0.0769. The molecule has 0 unspecified atom stereocenters. The molecule has 1 N–H and O–H groups in total. The summed E-state index contributed by atoms with van der Waals surface area (Å²) in [7, 11) is 0. The van der Waals surface area contributed by atoms with Gasteiger partial charge in [-0.1, -0.05) is 5.92 Å². The van der Waals surface area contributed by atoms with Crippen molar-refractivity contribution in [3.63, 3.8) is 0 Å². The summed E-state index contributed by atoms with van der Waals surface area (Å²) in [6, 6.07) is 4.95. The zero-order valence-corrected chi connectivity index (χ0v) is 12.1. The molecule has 18 heavy (non-hydrogen) atoms. The summed E-state index contributed by atoms with van der Waals surface area (Å²) in [5.74, 6) is 3.14. The highest BCUT2D eigenvalue weighted by Crippen LogP contribution is 2.30. The minimum Gasteiger partial charge on any atom is -0.507 e. The van der Waals surface area contributed by atoms with Crippen molar-refractivity contribution in [2.75, 3.05) is 13.1 Å². The number of phenols is 1. The van der Waals surface area contributed by atoms with Gasteiger partial charge in [0.25, 0.3) is 5.91 Å². The Bertz CT molecular complexity index is 503. The van der Waals surface area contributed by atoms with Crippen LogP contribution in [0.3, 0.4) is 0 Å².